The van der Waals surface area contributed by atoms with Crippen LogP contribution in [0.3, 0.4) is 0 Å². The van der Waals surface area contributed by atoms with Gasteiger partial charge >= 0.3 is 0 Å². The van der Waals surface area contributed by atoms with Crippen LogP contribution >= 0.6 is 0 Å². The standard InChI is InChI=1S/C10H8N4O/c15-7-1-2-8-9(5-7)14-6-12-13-10(14)3-4-11-8/h1-5,15H,6H2. The van der Waals surface area contributed by atoms with Gasteiger partial charge in [0.25, 0.3) is 0 Å². The summed E-state index contributed by atoms with van der Waals surface area (Å²) < 4.78 is 0. The molecule has 0 bridgehead atoms. The predicted octanol–water partition coefficient (Wildman–Crippen LogP) is 2.18. The van der Waals surface area contributed by atoms with Crippen molar-refractivity contribution in [3.05, 3.63) is 30.1 Å². The highest BCUT2D eigenvalue weighted by atomic mass is 16.3. The van der Waals surface area contributed by atoms with Gasteiger partial charge in [-0.1, -0.05) is 0 Å². The molecule has 0 aromatic heterocycles. The van der Waals surface area contributed by atoms with Gasteiger partial charge in [-0.25, -0.2) is 0 Å². The molecule has 0 radical (unpaired) electrons. The highest BCUT2D eigenvalue weighted by Gasteiger charge is 2.20. The summed E-state index contributed by atoms with van der Waals surface area (Å²) in [5, 5.41) is 17.4. The summed E-state index contributed by atoms with van der Waals surface area (Å²) >= 11 is 0. The van der Waals surface area contributed by atoms with Gasteiger partial charge in [-0.15, -0.1) is 5.11 Å². The zero-order chi connectivity index (χ0) is 10.3. The van der Waals surface area contributed by atoms with Gasteiger partial charge in [-0.05, 0) is 12.1 Å². The molecule has 0 fully saturated rings. The first-order chi connectivity index (χ1) is 7.34. The van der Waals surface area contributed by atoms with Crippen LogP contribution in [0.2, 0.25) is 0 Å². The van der Waals surface area contributed by atoms with Crippen LogP contribution in [0.5, 0.6) is 5.75 Å². The number of aliphatic imine (C=N–C) groups is 1. The Hall–Kier alpha value is -2.17. The van der Waals surface area contributed by atoms with Gasteiger partial charge in [0, 0.05) is 18.4 Å². The largest absolute Gasteiger partial charge is 0.508 e. The highest BCUT2D eigenvalue weighted by molar-refractivity contribution is 5.84. The van der Waals surface area contributed by atoms with E-state index in [1.165, 1.54) is 0 Å². The van der Waals surface area contributed by atoms with E-state index in [-0.39, 0.29) is 5.75 Å². The van der Waals surface area contributed by atoms with Crippen molar-refractivity contribution in [3.63, 3.8) is 0 Å². The summed E-state index contributed by atoms with van der Waals surface area (Å²) in [7, 11) is 0. The lowest BCUT2D eigenvalue weighted by molar-refractivity contribution is 0.475. The Bertz CT molecular complexity index is 504. The maximum Gasteiger partial charge on any atom is 0.158 e. The number of benzene rings is 1. The first-order valence-electron chi connectivity index (χ1n) is 4.57. The summed E-state index contributed by atoms with van der Waals surface area (Å²) in [5.41, 5.74) is 1.64. The number of azo groups is 1. The van der Waals surface area contributed by atoms with Crippen molar-refractivity contribution in [1.29, 1.82) is 0 Å². The highest BCUT2D eigenvalue weighted by Crippen LogP contribution is 2.37. The summed E-state index contributed by atoms with van der Waals surface area (Å²) in [6, 6.07) is 5.06. The Morgan fingerprint density at radius 2 is 2.27 bits per heavy atom. The minimum absolute atomic E-state index is 0.220. The first kappa shape index (κ1) is 8.16. The fourth-order valence-corrected chi connectivity index (χ4v) is 1.64. The van der Waals surface area contributed by atoms with E-state index in [4.69, 9.17) is 0 Å². The van der Waals surface area contributed by atoms with Gasteiger partial charge in [-0.2, -0.15) is 5.11 Å². The molecule has 0 amide bonds. The zero-order valence-corrected chi connectivity index (χ0v) is 7.83. The van der Waals surface area contributed by atoms with Crippen LogP contribution in [0.4, 0.5) is 11.4 Å². The molecule has 74 valence electrons. The van der Waals surface area contributed by atoms with Crippen molar-refractivity contribution in [1.82, 2.24) is 0 Å². The maximum atomic E-state index is 9.44. The number of phenolic OH excluding ortho intramolecular Hbond substituents is 1. The molecule has 1 aromatic rings. The Labute approximate surface area is 86.1 Å². The summed E-state index contributed by atoms with van der Waals surface area (Å²) in [6.45, 7) is 0.478. The van der Waals surface area contributed by atoms with Crippen LogP contribution in [0.15, 0.2) is 45.3 Å². The molecule has 0 saturated carbocycles. The Kier molecular flexibility index (Phi) is 1.58. The van der Waals surface area contributed by atoms with E-state index in [1.807, 2.05) is 4.90 Å². The molecule has 2 aliphatic rings. The van der Waals surface area contributed by atoms with Crippen molar-refractivity contribution in [2.45, 2.75) is 0 Å². The zero-order valence-electron chi connectivity index (χ0n) is 7.83. The third-order valence-corrected chi connectivity index (χ3v) is 2.34. The predicted molar refractivity (Wildman–Crippen MR) is 56.5 cm³/mol. The van der Waals surface area contributed by atoms with Crippen molar-refractivity contribution in [3.8, 4) is 5.75 Å². The molecule has 5 nitrogen and oxygen atoms in total. The first-order valence-corrected chi connectivity index (χ1v) is 4.57. The van der Waals surface area contributed by atoms with E-state index in [9.17, 15) is 5.11 Å². The van der Waals surface area contributed by atoms with Gasteiger partial charge in [0.05, 0.1) is 11.4 Å². The molecule has 0 saturated heterocycles. The normalized spacial score (nSPS) is 17.1. The maximum absolute atomic E-state index is 9.44. The van der Waals surface area contributed by atoms with Crippen LogP contribution in [0, 0.1) is 0 Å². The lowest BCUT2D eigenvalue weighted by Gasteiger charge is -2.17. The Balaban J connectivity index is 2.20. The SMILES string of the molecule is Oc1ccc2c(c1)N1CN=NC1=CC=N2. The molecule has 15 heavy (non-hydrogen) atoms. The fourth-order valence-electron chi connectivity index (χ4n) is 1.64. The number of fused-ring (bicyclic) bond motifs is 3. The molecular formula is C10H8N4O. The van der Waals surface area contributed by atoms with Crippen LogP contribution < -0.4 is 4.90 Å². The number of hydrogen-bond acceptors (Lipinski definition) is 5. The molecule has 0 atom stereocenters. The number of nitrogens with zero attached hydrogens (tertiary/aromatic N) is 4. The minimum atomic E-state index is 0.220. The van der Waals surface area contributed by atoms with Gasteiger partial charge < -0.3 is 10.0 Å². The topological polar surface area (TPSA) is 60.5 Å². The monoisotopic (exact) mass is 200 g/mol. The Morgan fingerprint density at radius 3 is 3.20 bits per heavy atom. The quantitative estimate of drug-likeness (QED) is 0.697. The second-order valence-corrected chi connectivity index (χ2v) is 3.29. The molecule has 2 aliphatic heterocycles. The van der Waals surface area contributed by atoms with E-state index in [0.717, 1.165) is 17.2 Å². The van der Waals surface area contributed by atoms with E-state index in [2.05, 4.69) is 15.2 Å². The number of allylic oxidation sites excluding steroid dienone is 1. The lowest BCUT2D eigenvalue weighted by Crippen LogP contribution is -2.16. The lowest BCUT2D eigenvalue weighted by atomic mass is 10.2. The van der Waals surface area contributed by atoms with Crippen LogP contribution in [-0.2, 0) is 0 Å². The molecule has 2 heterocycles. The third kappa shape index (κ3) is 1.20. The third-order valence-electron chi connectivity index (χ3n) is 2.34. The molecule has 0 unspecified atom stereocenters. The fraction of sp³-hybridized carbons (Fsp3) is 0.100. The van der Waals surface area contributed by atoms with Crippen molar-refractivity contribution in [2.75, 3.05) is 11.6 Å². The van der Waals surface area contributed by atoms with E-state index in [1.54, 1.807) is 30.5 Å². The average Bonchev–Trinajstić information content (AvgIpc) is 2.62. The van der Waals surface area contributed by atoms with Crippen LogP contribution in [0.1, 0.15) is 0 Å². The molecule has 5 heteroatoms. The summed E-state index contributed by atoms with van der Waals surface area (Å²) in [4.78, 5) is 6.16. The molecule has 1 aromatic carbocycles. The second kappa shape index (κ2) is 2.91. The number of aromatic hydroxyl groups is 1. The van der Waals surface area contributed by atoms with Gasteiger partial charge in [-0.3, -0.25) is 4.99 Å². The summed E-state index contributed by atoms with van der Waals surface area (Å²) in [5.74, 6) is 0.972. The smallest absolute Gasteiger partial charge is 0.158 e. The van der Waals surface area contributed by atoms with Crippen molar-refractivity contribution in [2.24, 2.45) is 15.2 Å². The number of hydrogen-bond donors (Lipinski definition) is 1. The van der Waals surface area contributed by atoms with Gasteiger partial charge in [0.2, 0.25) is 0 Å². The van der Waals surface area contributed by atoms with Crippen molar-refractivity contribution < 1.29 is 5.11 Å². The van der Waals surface area contributed by atoms with Crippen LogP contribution in [-0.4, -0.2) is 18.0 Å². The van der Waals surface area contributed by atoms with Crippen LogP contribution in [0.25, 0.3) is 0 Å². The molecule has 3 rings (SSSR count). The average molecular weight is 200 g/mol. The number of rotatable bonds is 0. The molecule has 1 N–H and O–H groups in total. The van der Waals surface area contributed by atoms with Gasteiger partial charge in [0.15, 0.2) is 5.82 Å². The number of anilines is 1. The Morgan fingerprint density at radius 1 is 1.33 bits per heavy atom. The molecule has 0 aliphatic carbocycles. The van der Waals surface area contributed by atoms with Crippen molar-refractivity contribution >= 4 is 17.6 Å². The van der Waals surface area contributed by atoms with E-state index < -0.39 is 0 Å². The summed E-state index contributed by atoms with van der Waals surface area (Å²) in [6.07, 6.45) is 3.49. The van der Waals surface area contributed by atoms with E-state index in [0.29, 0.717) is 6.67 Å². The molecule has 0 spiro atoms. The minimum Gasteiger partial charge on any atom is -0.508 e. The number of phenols is 1. The van der Waals surface area contributed by atoms with Gasteiger partial charge in [0.1, 0.15) is 12.4 Å². The van der Waals surface area contributed by atoms with E-state index >= 15 is 0 Å². The second-order valence-electron chi connectivity index (χ2n) is 3.29. The molecular weight excluding hydrogens is 192 g/mol.